The van der Waals surface area contributed by atoms with Crippen LogP contribution in [0.25, 0.3) is 0 Å². The molecule has 0 unspecified atom stereocenters. The second-order valence-corrected chi connectivity index (χ2v) is 17.4. The standard InChI is InChI=1S/C55H98O6/c1-4-7-10-13-16-19-22-24-25-26-27-28-29-31-33-36-39-42-45-48-54(57)60-51-52(50-59-53(56)47-44-41-38-35-32-21-18-15-12-9-6-3)61-55(58)49-46-43-40-37-34-30-23-20-17-14-11-8-5-2/h16,19-20,23-25,27-28,52H,4-15,17-18,21-22,26,29-51H2,1-3H3/b19-16-,23-20-,25-24-,28-27-/t52-/m1/s1. The second-order valence-electron chi connectivity index (χ2n) is 17.4. The molecule has 0 fully saturated rings. The van der Waals surface area contributed by atoms with Gasteiger partial charge in [0.05, 0.1) is 0 Å². The number of unbranched alkanes of at least 4 members (excludes halogenated alkanes) is 28. The quantitative estimate of drug-likeness (QED) is 0.0263. The molecule has 1 atom stereocenters. The zero-order chi connectivity index (χ0) is 44.4. The Morgan fingerprint density at radius 1 is 0.328 bits per heavy atom. The van der Waals surface area contributed by atoms with E-state index in [1.54, 1.807) is 0 Å². The Morgan fingerprint density at radius 3 is 0.984 bits per heavy atom. The summed E-state index contributed by atoms with van der Waals surface area (Å²) in [6.07, 6.45) is 59.4. The van der Waals surface area contributed by atoms with Gasteiger partial charge in [0, 0.05) is 19.3 Å². The van der Waals surface area contributed by atoms with Crippen LogP contribution in [-0.4, -0.2) is 37.2 Å². The highest BCUT2D eigenvalue weighted by molar-refractivity contribution is 5.71. The first-order valence-corrected chi connectivity index (χ1v) is 26.1. The average Bonchev–Trinajstić information content (AvgIpc) is 3.26. The van der Waals surface area contributed by atoms with Crippen molar-refractivity contribution in [1.29, 1.82) is 0 Å². The number of esters is 3. The van der Waals surface area contributed by atoms with Gasteiger partial charge in [-0.15, -0.1) is 0 Å². The van der Waals surface area contributed by atoms with E-state index >= 15 is 0 Å². The van der Waals surface area contributed by atoms with Crippen molar-refractivity contribution in [2.45, 2.75) is 271 Å². The maximum atomic E-state index is 12.8. The number of ether oxygens (including phenoxy) is 3. The first kappa shape index (κ1) is 58.4. The molecule has 0 heterocycles. The molecule has 0 amide bonds. The largest absolute Gasteiger partial charge is 0.462 e. The summed E-state index contributed by atoms with van der Waals surface area (Å²) in [6.45, 7) is 6.58. The summed E-state index contributed by atoms with van der Waals surface area (Å²) < 4.78 is 16.8. The van der Waals surface area contributed by atoms with Crippen molar-refractivity contribution in [3.8, 4) is 0 Å². The minimum atomic E-state index is -0.779. The number of hydrogen-bond acceptors (Lipinski definition) is 6. The zero-order valence-corrected chi connectivity index (χ0v) is 40.4. The van der Waals surface area contributed by atoms with Crippen LogP contribution in [0.5, 0.6) is 0 Å². The Bertz CT molecular complexity index is 1070. The summed E-state index contributed by atoms with van der Waals surface area (Å²) >= 11 is 0. The topological polar surface area (TPSA) is 78.9 Å². The molecule has 0 aromatic carbocycles. The van der Waals surface area contributed by atoms with E-state index in [0.717, 1.165) is 89.9 Å². The lowest BCUT2D eigenvalue weighted by Gasteiger charge is -2.18. The Hall–Kier alpha value is -2.63. The molecular formula is C55H98O6. The molecule has 0 aliphatic heterocycles. The third kappa shape index (κ3) is 48.3. The van der Waals surface area contributed by atoms with E-state index in [0.29, 0.717) is 19.3 Å². The highest BCUT2D eigenvalue weighted by Gasteiger charge is 2.19. The van der Waals surface area contributed by atoms with Gasteiger partial charge in [0.15, 0.2) is 6.10 Å². The predicted octanol–water partition coefficient (Wildman–Crippen LogP) is 17.1. The summed E-state index contributed by atoms with van der Waals surface area (Å²) in [5.41, 5.74) is 0. The summed E-state index contributed by atoms with van der Waals surface area (Å²) in [5.74, 6) is -0.895. The molecule has 0 rings (SSSR count). The van der Waals surface area contributed by atoms with Crippen LogP contribution in [0.2, 0.25) is 0 Å². The van der Waals surface area contributed by atoms with Gasteiger partial charge >= 0.3 is 17.9 Å². The van der Waals surface area contributed by atoms with Crippen LogP contribution >= 0.6 is 0 Å². The minimum Gasteiger partial charge on any atom is -0.462 e. The number of hydrogen-bond donors (Lipinski definition) is 0. The van der Waals surface area contributed by atoms with Crippen LogP contribution < -0.4 is 0 Å². The third-order valence-electron chi connectivity index (χ3n) is 11.3. The molecule has 0 saturated carbocycles. The van der Waals surface area contributed by atoms with Gasteiger partial charge in [0.2, 0.25) is 0 Å². The lowest BCUT2D eigenvalue weighted by molar-refractivity contribution is -0.167. The maximum absolute atomic E-state index is 12.8. The van der Waals surface area contributed by atoms with Gasteiger partial charge in [-0.2, -0.15) is 0 Å². The van der Waals surface area contributed by atoms with E-state index in [-0.39, 0.29) is 31.1 Å². The zero-order valence-electron chi connectivity index (χ0n) is 40.4. The summed E-state index contributed by atoms with van der Waals surface area (Å²) in [4.78, 5) is 37.9. The van der Waals surface area contributed by atoms with Gasteiger partial charge in [0.25, 0.3) is 0 Å². The maximum Gasteiger partial charge on any atom is 0.306 e. The van der Waals surface area contributed by atoms with Gasteiger partial charge < -0.3 is 14.2 Å². The molecule has 61 heavy (non-hydrogen) atoms. The van der Waals surface area contributed by atoms with Crippen molar-refractivity contribution < 1.29 is 28.6 Å². The molecule has 0 aliphatic rings. The van der Waals surface area contributed by atoms with Crippen molar-refractivity contribution in [2.24, 2.45) is 0 Å². The van der Waals surface area contributed by atoms with Crippen LogP contribution in [0.4, 0.5) is 0 Å². The van der Waals surface area contributed by atoms with Crippen molar-refractivity contribution >= 4 is 17.9 Å². The Balaban J connectivity index is 4.36. The molecule has 0 saturated heterocycles. The van der Waals surface area contributed by atoms with Gasteiger partial charge in [-0.05, 0) is 83.5 Å². The molecule has 0 aromatic heterocycles. The van der Waals surface area contributed by atoms with Gasteiger partial charge in [-0.1, -0.05) is 211 Å². The number of allylic oxidation sites excluding steroid dienone is 8. The van der Waals surface area contributed by atoms with E-state index in [2.05, 4.69) is 69.4 Å². The van der Waals surface area contributed by atoms with Crippen LogP contribution in [0.1, 0.15) is 265 Å². The Kier molecular flexibility index (Phi) is 47.9. The van der Waals surface area contributed by atoms with Gasteiger partial charge in [-0.25, -0.2) is 0 Å². The molecule has 354 valence electrons. The summed E-state index contributed by atoms with van der Waals surface area (Å²) in [5, 5.41) is 0. The van der Waals surface area contributed by atoms with E-state index in [1.165, 1.54) is 135 Å². The summed E-state index contributed by atoms with van der Waals surface area (Å²) in [6, 6.07) is 0. The van der Waals surface area contributed by atoms with E-state index in [9.17, 15) is 14.4 Å². The molecule has 0 N–H and O–H groups in total. The second kappa shape index (κ2) is 50.0. The molecule has 0 bridgehead atoms. The lowest BCUT2D eigenvalue weighted by atomic mass is 10.1. The Labute approximate surface area is 378 Å². The van der Waals surface area contributed by atoms with Crippen molar-refractivity contribution in [1.82, 2.24) is 0 Å². The van der Waals surface area contributed by atoms with Crippen LogP contribution in [0.3, 0.4) is 0 Å². The van der Waals surface area contributed by atoms with Crippen molar-refractivity contribution in [3.63, 3.8) is 0 Å². The normalized spacial score (nSPS) is 12.4. The van der Waals surface area contributed by atoms with Gasteiger partial charge in [0.1, 0.15) is 13.2 Å². The Morgan fingerprint density at radius 2 is 0.590 bits per heavy atom. The van der Waals surface area contributed by atoms with Crippen molar-refractivity contribution in [3.05, 3.63) is 48.6 Å². The number of carbonyl (C=O) groups is 3. The summed E-state index contributed by atoms with van der Waals surface area (Å²) in [7, 11) is 0. The fourth-order valence-corrected chi connectivity index (χ4v) is 7.33. The van der Waals surface area contributed by atoms with Crippen LogP contribution in [0.15, 0.2) is 48.6 Å². The molecule has 0 spiro atoms. The minimum absolute atomic E-state index is 0.0786. The molecule has 6 heteroatoms. The van der Waals surface area contributed by atoms with E-state index in [1.807, 2.05) is 0 Å². The van der Waals surface area contributed by atoms with Crippen molar-refractivity contribution in [2.75, 3.05) is 13.2 Å². The van der Waals surface area contributed by atoms with Crippen LogP contribution in [-0.2, 0) is 28.6 Å². The average molecular weight is 855 g/mol. The number of carbonyl (C=O) groups excluding carboxylic acids is 3. The SMILES string of the molecule is CCCCC/C=C\C/C=C\C/C=C\CCCCCCCCC(=O)OC[C@@H](COC(=O)CCCCCCCCCCCCC)OC(=O)CCCCCCC/C=C\CCCCCC. The lowest BCUT2D eigenvalue weighted by Crippen LogP contribution is -2.30. The fraction of sp³-hybridized carbons (Fsp3) is 0.800. The molecule has 0 aliphatic carbocycles. The number of rotatable bonds is 47. The fourth-order valence-electron chi connectivity index (χ4n) is 7.33. The first-order chi connectivity index (χ1) is 30.0. The molecular weight excluding hydrogens is 757 g/mol. The molecule has 6 nitrogen and oxygen atoms in total. The third-order valence-corrected chi connectivity index (χ3v) is 11.3. The van der Waals surface area contributed by atoms with E-state index in [4.69, 9.17) is 14.2 Å². The highest BCUT2D eigenvalue weighted by Crippen LogP contribution is 2.15. The first-order valence-electron chi connectivity index (χ1n) is 26.1. The highest BCUT2D eigenvalue weighted by atomic mass is 16.6. The predicted molar refractivity (Wildman–Crippen MR) is 261 cm³/mol. The van der Waals surface area contributed by atoms with Gasteiger partial charge in [-0.3, -0.25) is 14.4 Å². The van der Waals surface area contributed by atoms with E-state index < -0.39 is 6.10 Å². The van der Waals surface area contributed by atoms with Crippen LogP contribution in [0, 0.1) is 0 Å². The smallest absolute Gasteiger partial charge is 0.306 e. The molecule has 0 radical (unpaired) electrons. The molecule has 0 aromatic rings. The monoisotopic (exact) mass is 855 g/mol.